The Kier molecular flexibility index (Phi) is 7.07. The molecular formula is C25H21ClN2O4. The highest BCUT2D eigenvalue weighted by atomic mass is 35.5. The van der Waals surface area contributed by atoms with Gasteiger partial charge in [-0.2, -0.15) is 0 Å². The monoisotopic (exact) mass is 448 g/mol. The molecule has 0 aliphatic rings. The molecule has 0 aliphatic heterocycles. The van der Waals surface area contributed by atoms with Crippen molar-refractivity contribution < 1.29 is 19.4 Å². The van der Waals surface area contributed by atoms with Crippen molar-refractivity contribution in [1.82, 2.24) is 4.98 Å². The van der Waals surface area contributed by atoms with Crippen LogP contribution in [0.3, 0.4) is 0 Å². The van der Waals surface area contributed by atoms with Crippen LogP contribution in [0.1, 0.15) is 27.6 Å². The van der Waals surface area contributed by atoms with Gasteiger partial charge in [0.2, 0.25) is 0 Å². The number of aromatic carboxylic acids is 1. The fourth-order valence-corrected chi connectivity index (χ4v) is 3.49. The molecule has 0 atom stereocenters. The summed E-state index contributed by atoms with van der Waals surface area (Å²) in [6.07, 6.45) is 1.47. The SMILES string of the molecule is CCOC(=O)c1cnc2c(-c3ccccc3)cccc2c1Nc1ccccc1C(=O)O.Cl. The van der Waals surface area contributed by atoms with Crippen molar-refractivity contribution in [3.63, 3.8) is 0 Å². The minimum atomic E-state index is -1.07. The summed E-state index contributed by atoms with van der Waals surface area (Å²) in [5.74, 6) is -1.60. The normalized spacial score (nSPS) is 10.3. The number of carbonyl (C=O) groups is 2. The summed E-state index contributed by atoms with van der Waals surface area (Å²) in [6, 6.07) is 22.1. The predicted molar refractivity (Wildman–Crippen MR) is 127 cm³/mol. The van der Waals surface area contributed by atoms with E-state index in [4.69, 9.17) is 4.74 Å². The maximum Gasteiger partial charge on any atom is 0.341 e. The van der Waals surface area contributed by atoms with Crippen molar-refractivity contribution in [3.05, 3.63) is 90.1 Å². The summed E-state index contributed by atoms with van der Waals surface area (Å²) in [4.78, 5) is 28.9. The summed E-state index contributed by atoms with van der Waals surface area (Å²) < 4.78 is 5.21. The molecular weight excluding hydrogens is 428 g/mol. The van der Waals surface area contributed by atoms with E-state index in [9.17, 15) is 14.7 Å². The second kappa shape index (κ2) is 9.94. The number of para-hydroxylation sites is 2. The van der Waals surface area contributed by atoms with Crippen LogP contribution in [0.15, 0.2) is 79.0 Å². The maximum atomic E-state index is 12.7. The van der Waals surface area contributed by atoms with Crippen LogP contribution in [0.2, 0.25) is 0 Å². The van der Waals surface area contributed by atoms with Gasteiger partial charge in [0.15, 0.2) is 0 Å². The Balaban J connectivity index is 0.00000289. The van der Waals surface area contributed by atoms with Gasteiger partial charge in [-0.25, -0.2) is 9.59 Å². The lowest BCUT2D eigenvalue weighted by Gasteiger charge is -2.17. The van der Waals surface area contributed by atoms with Crippen molar-refractivity contribution in [2.75, 3.05) is 11.9 Å². The molecule has 7 heteroatoms. The molecule has 4 rings (SSSR count). The van der Waals surface area contributed by atoms with Gasteiger partial charge in [-0.15, -0.1) is 12.4 Å². The number of nitrogens with one attached hydrogen (secondary N) is 1. The van der Waals surface area contributed by atoms with E-state index < -0.39 is 11.9 Å². The molecule has 4 aromatic rings. The number of esters is 1. The number of benzene rings is 3. The number of nitrogens with zero attached hydrogens (tertiary/aromatic N) is 1. The number of carbonyl (C=O) groups excluding carboxylic acids is 1. The maximum absolute atomic E-state index is 12.7. The molecule has 6 nitrogen and oxygen atoms in total. The third-order valence-corrected chi connectivity index (χ3v) is 4.89. The molecule has 0 aliphatic carbocycles. The lowest BCUT2D eigenvalue weighted by molar-refractivity contribution is 0.0527. The van der Waals surface area contributed by atoms with E-state index in [1.807, 2.05) is 48.5 Å². The summed E-state index contributed by atoms with van der Waals surface area (Å²) in [6.45, 7) is 1.94. The van der Waals surface area contributed by atoms with E-state index in [2.05, 4.69) is 10.3 Å². The van der Waals surface area contributed by atoms with Gasteiger partial charge in [0, 0.05) is 17.1 Å². The molecule has 1 aromatic heterocycles. The number of carboxylic acid groups (broad SMARTS) is 1. The Labute approximate surface area is 191 Å². The van der Waals surface area contributed by atoms with Crippen molar-refractivity contribution >= 4 is 46.6 Å². The quantitative estimate of drug-likeness (QED) is 0.355. The Hall–Kier alpha value is -3.90. The number of ether oxygens (including phenoxy) is 1. The largest absolute Gasteiger partial charge is 0.478 e. The van der Waals surface area contributed by atoms with Crippen LogP contribution < -0.4 is 5.32 Å². The number of pyridine rings is 1. The zero-order valence-corrected chi connectivity index (χ0v) is 18.1. The second-order valence-electron chi connectivity index (χ2n) is 6.81. The van der Waals surface area contributed by atoms with Gasteiger partial charge in [-0.1, -0.05) is 60.7 Å². The molecule has 2 N–H and O–H groups in total. The number of hydrogen-bond donors (Lipinski definition) is 2. The van der Waals surface area contributed by atoms with E-state index in [-0.39, 0.29) is 30.1 Å². The number of fused-ring (bicyclic) bond motifs is 1. The smallest absolute Gasteiger partial charge is 0.341 e. The molecule has 162 valence electrons. The van der Waals surface area contributed by atoms with Crippen LogP contribution in [0.5, 0.6) is 0 Å². The summed E-state index contributed by atoms with van der Waals surface area (Å²) in [7, 11) is 0. The fourth-order valence-electron chi connectivity index (χ4n) is 3.49. The van der Waals surface area contributed by atoms with E-state index in [0.29, 0.717) is 22.3 Å². The van der Waals surface area contributed by atoms with Gasteiger partial charge in [0.1, 0.15) is 5.56 Å². The van der Waals surface area contributed by atoms with Crippen molar-refractivity contribution in [2.24, 2.45) is 0 Å². The van der Waals surface area contributed by atoms with Gasteiger partial charge in [-0.3, -0.25) is 4.98 Å². The highest BCUT2D eigenvalue weighted by Gasteiger charge is 2.20. The first kappa shape index (κ1) is 22.8. The molecule has 0 saturated carbocycles. The first-order valence-corrected chi connectivity index (χ1v) is 9.83. The predicted octanol–water partition coefficient (Wildman–Crippen LogP) is 5.94. The van der Waals surface area contributed by atoms with Gasteiger partial charge < -0.3 is 15.2 Å². The molecule has 3 aromatic carbocycles. The average molecular weight is 449 g/mol. The van der Waals surface area contributed by atoms with Crippen molar-refractivity contribution in [1.29, 1.82) is 0 Å². The fraction of sp³-hybridized carbons (Fsp3) is 0.0800. The van der Waals surface area contributed by atoms with Crippen LogP contribution in [-0.2, 0) is 4.74 Å². The van der Waals surface area contributed by atoms with E-state index in [0.717, 1.165) is 11.1 Å². The van der Waals surface area contributed by atoms with Gasteiger partial charge in [-0.05, 0) is 24.6 Å². The lowest BCUT2D eigenvalue weighted by Crippen LogP contribution is -2.11. The van der Waals surface area contributed by atoms with Gasteiger partial charge >= 0.3 is 11.9 Å². The molecule has 0 spiro atoms. The Morgan fingerprint density at radius 1 is 0.938 bits per heavy atom. The Morgan fingerprint density at radius 2 is 1.66 bits per heavy atom. The van der Waals surface area contributed by atoms with Crippen LogP contribution >= 0.6 is 12.4 Å². The van der Waals surface area contributed by atoms with Crippen molar-refractivity contribution in [3.8, 4) is 11.1 Å². The molecule has 0 saturated heterocycles. The molecule has 0 amide bonds. The summed E-state index contributed by atoms with van der Waals surface area (Å²) in [5, 5.41) is 13.4. The van der Waals surface area contributed by atoms with E-state index in [1.54, 1.807) is 25.1 Å². The molecule has 0 fully saturated rings. The molecule has 0 unspecified atom stereocenters. The van der Waals surface area contributed by atoms with Crippen LogP contribution in [-0.4, -0.2) is 28.6 Å². The standard InChI is InChI=1S/C25H20N2O4.ClH/c1-2-31-25(30)20-15-26-22-17(16-9-4-3-5-10-16)12-8-13-19(22)23(20)27-21-14-7-6-11-18(21)24(28)29;/h3-15H,2H2,1H3,(H,26,27)(H,28,29);1H. The number of hydrogen-bond acceptors (Lipinski definition) is 5. The highest BCUT2D eigenvalue weighted by molar-refractivity contribution is 6.10. The second-order valence-corrected chi connectivity index (χ2v) is 6.81. The summed E-state index contributed by atoms with van der Waals surface area (Å²) in [5.41, 5.74) is 3.75. The highest BCUT2D eigenvalue weighted by Crippen LogP contribution is 2.35. The first-order chi connectivity index (χ1) is 15.1. The topological polar surface area (TPSA) is 88.5 Å². The minimum Gasteiger partial charge on any atom is -0.478 e. The van der Waals surface area contributed by atoms with Gasteiger partial charge in [0.05, 0.1) is 29.1 Å². The van der Waals surface area contributed by atoms with Crippen LogP contribution in [0.4, 0.5) is 11.4 Å². The van der Waals surface area contributed by atoms with Crippen LogP contribution in [0, 0.1) is 0 Å². The Morgan fingerprint density at radius 3 is 2.38 bits per heavy atom. The minimum absolute atomic E-state index is 0. The molecule has 0 bridgehead atoms. The lowest BCUT2D eigenvalue weighted by atomic mass is 9.99. The zero-order valence-electron chi connectivity index (χ0n) is 17.2. The number of anilines is 2. The third kappa shape index (κ3) is 4.40. The number of aromatic nitrogens is 1. The Bertz CT molecular complexity index is 1280. The molecule has 1 heterocycles. The third-order valence-electron chi connectivity index (χ3n) is 4.89. The number of halogens is 1. The number of rotatable bonds is 6. The summed E-state index contributed by atoms with van der Waals surface area (Å²) >= 11 is 0. The molecule has 32 heavy (non-hydrogen) atoms. The zero-order chi connectivity index (χ0) is 21.8. The van der Waals surface area contributed by atoms with Gasteiger partial charge in [0.25, 0.3) is 0 Å². The van der Waals surface area contributed by atoms with Crippen LogP contribution in [0.25, 0.3) is 22.0 Å². The van der Waals surface area contributed by atoms with E-state index in [1.165, 1.54) is 12.3 Å². The molecule has 0 radical (unpaired) electrons. The van der Waals surface area contributed by atoms with E-state index >= 15 is 0 Å². The number of carboxylic acids is 1. The average Bonchev–Trinajstić information content (AvgIpc) is 2.80. The first-order valence-electron chi connectivity index (χ1n) is 9.83. The van der Waals surface area contributed by atoms with Crippen molar-refractivity contribution in [2.45, 2.75) is 6.92 Å².